The minimum atomic E-state index is -0.256. The number of benzene rings is 2. The number of carbonyl (C=O) groups is 1. The maximum Gasteiger partial charge on any atom is 0.305 e. The Morgan fingerprint density at radius 1 is 0.860 bits per heavy atom. The van der Waals surface area contributed by atoms with Gasteiger partial charge in [-0.05, 0) is 80.5 Å². The second kappa shape index (κ2) is 18.1. The quantitative estimate of drug-likeness (QED) is 0.0914. The average molecular weight is 586 g/mol. The lowest BCUT2D eigenvalue weighted by molar-refractivity contribution is -0.143. The van der Waals surface area contributed by atoms with E-state index in [1.165, 1.54) is 17.6 Å². The van der Waals surface area contributed by atoms with Crippen LogP contribution in [0.3, 0.4) is 0 Å². The highest BCUT2D eigenvalue weighted by Crippen LogP contribution is 2.36. The van der Waals surface area contributed by atoms with Gasteiger partial charge in [0.25, 0.3) is 0 Å². The summed E-state index contributed by atoms with van der Waals surface area (Å²) in [5, 5.41) is 20.3. The van der Waals surface area contributed by atoms with E-state index in [0.717, 1.165) is 73.5 Å². The predicted octanol–water partition coefficient (Wildman–Crippen LogP) is 9.49. The van der Waals surface area contributed by atoms with Gasteiger partial charge in [-0.1, -0.05) is 102 Å². The number of ether oxygens (including phenoxy) is 1. The van der Waals surface area contributed by atoms with Crippen molar-refractivity contribution in [1.29, 1.82) is 0 Å². The predicted molar refractivity (Wildman–Crippen MR) is 178 cm³/mol. The van der Waals surface area contributed by atoms with Gasteiger partial charge in [0.2, 0.25) is 0 Å². The second-order valence-electron chi connectivity index (χ2n) is 12.2. The smallest absolute Gasteiger partial charge is 0.305 e. The van der Waals surface area contributed by atoms with E-state index in [2.05, 4.69) is 74.3 Å². The van der Waals surface area contributed by atoms with Crippen LogP contribution in [0.15, 0.2) is 72.9 Å². The highest BCUT2D eigenvalue weighted by atomic mass is 16.5. The molecule has 6 nitrogen and oxygen atoms in total. The molecule has 0 radical (unpaired) electrons. The molecule has 3 rings (SSSR count). The standard InChI is InChI=1S/C37H51N3O3/c1-5-6-7-8-9-10-11-12-13-14-15-16-17-18-19-26-35(41)43-27-22-23-30-28-31(37(2,3)4)36(42)34(29-30)40-38-32-24-20-21-25-33(32)39-40/h6-7,9-10,12-13,20-21,24-25,28-29,42H,5,8,11,14-19,22-23,26-27H2,1-4H3/b7-6-,10-9-,13-12-. The van der Waals surface area contributed by atoms with Crippen LogP contribution in [0.1, 0.15) is 109 Å². The minimum Gasteiger partial charge on any atom is -0.505 e. The van der Waals surface area contributed by atoms with Crippen molar-refractivity contribution in [2.75, 3.05) is 6.61 Å². The van der Waals surface area contributed by atoms with Crippen molar-refractivity contribution in [3.05, 3.63) is 84.0 Å². The van der Waals surface area contributed by atoms with Crippen LogP contribution < -0.4 is 0 Å². The number of allylic oxidation sites excluding steroid dienone is 6. The third-order valence-electron chi connectivity index (χ3n) is 7.36. The van der Waals surface area contributed by atoms with Gasteiger partial charge in [0.15, 0.2) is 0 Å². The van der Waals surface area contributed by atoms with Crippen LogP contribution in [0.5, 0.6) is 5.75 Å². The molecule has 2 aromatic carbocycles. The van der Waals surface area contributed by atoms with Crippen LogP contribution in [-0.2, 0) is 21.4 Å². The fourth-order valence-corrected chi connectivity index (χ4v) is 4.94. The van der Waals surface area contributed by atoms with Crippen LogP contribution in [0.4, 0.5) is 0 Å². The Hall–Kier alpha value is -3.67. The van der Waals surface area contributed by atoms with Crippen LogP contribution >= 0.6 is 0 Å². The zero-order chi connectivity index (χ0) is 30.9. The molecule has 232 valence electrons. The molecular formula is C37H51N3O3. The van der Waals surface area contributed by atoms with E-state index >= 15 is 0 Å². The number of aryl methyl sites for hydroxylation is 1. The summed E-state index contributed by atoms with van der Waals surface area (Å²) in [4.78, 5) is 13.8. The molecule has 43 heavy (non-hydrogen) atoms. The van der Waals surface area contributed by atoms with Crippen molar-refractivity contribution < 1.29 is 14.6 Å². The van der Waals surface area contributed by atoms with E-state index in [0.29, 0.717) is 25.1 Å². The molecule has 0 saturated carbocycles. The lowest BCUT2D eigenvalue weighted by Gasteiger charge is -2.23. The normalized spacial score (nSPS) is 12.4. The summed E-state index contributed by atoms with van der Waals surface area (Å²) in [5.74, 6) is 0.0776. The molecule has 0 bridgehead atoms. The van der Waals surface area contributed by atoms with E-state index in [-0.39, 0.29) is 17.1 Å². The summed E-state index contributed by atoms with van der Waals surface area (Å²) in [6.45, 7) is 8.78. The maximum absolute atomic E-state index is 12.2. The summed E-state index contributed by atoms with van der Waals surface area (Å²) in [7, 11) is 0. The fourth-order valence-electron chi connectivity index (χ4n) is 4.94. The Balaban J connectivity index is 1.34. The minimum absolute atomic E-state index is 0.115. The van der Waals surface area contributed by atoms with E-state index in [9.17, 15) is 9.90 Å². The molecule has 0 unspecified atom stereocenters. The molecule has 0 saturated heterocycles. The average Bonchev–Trinajstić information content (AvgIpc) is 3.41. The Bertz CT molecular complexity index is 1330. The molecule has 0 aliphatic carbocycles. The van der Waals surface area contributed by atoms with E-state index < -0.39 is 0 Å². The number of hydrogen-bond acceptors (Lipinski definition) is 5. The monoisotopic (exact) mass is 585 g/mol. The number of esters is 1. The van der Waals surface area contributed by atoms with Crippen LogP contribution in [0, 0.1) is 0 Å². The van der Waals surface area contributed by atoms with E-state index in [4.69, 9.17) is 4.74 Å². The first-order valence-electron chi connectivity index (χ1n) is 16.1. The largest absolute Gasteiger partial charge is 0.505 e. The molecule has 6 heteroatoms. The summed E-state index contributed by atoms with van der Waals surface area (Å²) in [6, 6.07) is 11.6. The van der Waals surface area contributed by atoms with Gasteiger partial charge in [-0.3, -0.25) is 4.79 Å². The SMILES string of the molecule is CC/C=C\C/C=C\C/C=C\CCCCCCCC(=O)OCCCc1cc(-n2nc3ccccc3n2)c(O)c(C(C)(C)C)c1. The van der Waals surface area contributed by atoms with Crippen molar-refractivity contribution in [3.8, 4) is 11.4 Å². The van der Waals surface area contributed by atoms with Crippen LogP contribution in [0.25, 0.3) is 16.7 Å². The number of aromatic hydroxyl groups is 1. The van der Waals surface area contributed by atoms with E-state index in [1.54, 1.807) is 0 Å². The summed E-state index contributed by atoms with van der Waals surface area (Å²) < 4.78 is 5.52. The molecule has 0 amide bonds. The fraction of sp³-hybridized carbons (Fsp3) is 0.486. The zero-order valence-corrected chi connectivity index (χ0v) is 26.7. The lowest BCUT2D eigenvalue weighted by atomic mass is 9.84. The number of phenols is 1. The molecule has 0 aliphatic heterocycles. The first-order valence-corrected chi connectivity index (χ1v) is 16.1. The first-order chi connectivity index (χ1) is 20.8. The number of phenolic OH excluding ortho intramolecular Hbond substituents is 1. The molecule has 0 fully saturated rings. The molecule has 3 aromatic rings. The van der Waals surface area contributed by atoms with Gasteiger partial charge in [-0.15, -0.1) is 15.0 Å². The highest BCUT2D eigenvalue weighted by Gasteiger charge is 2.23. The van der Waals surface area contributed by atoms with Gasteiger partial charge in [0.1, 0.15) is 22.5 Å². The number of fused-ring (bicyclic) bond motifs is 1. The summed E-state index contributed by atoms with van der Waals surface area (Å²) in [6.07, 6.45) is 25.1. The highest BCUT2D eigenvalue weighted by molar-refractivity contribution is 5.74. The number of hydrogen-bond donors (Lipinski definition) is 1. The third-order valence-corrected chi connectivity index (χ3v) is 7.36. The van der Waals surface area contributed by atoms with Crippen molar-refractivity contribution in [2.24, 2.45) is 0 Å². The molecule has 1 heterocycles. The van der Waals surface area contributed by atoms with Crippen molar-refractivity contribution >= 4 is 17.0 Å². The Morgan fingerprint density at radius 2 is 1.49 bits per heavy atom. The van der Waals surface area contributed by atoms with Crippen LogP contribution in [-0.4, -0.2) is 32.7 Å². The number of carbonyl (C=O) groups excluding carboxylic acids is 1. The molecule has 1 N–H and O–H groups in total. The number of nitrogens with zero attached hydrogens (tertiary/aromatic N) is 3. The number of rotatable bonds is 18. The second-order valence-corrected chi connectivity index (χ2v) is 12.2. The molecule has 0 aliphatic rings. The van der Waals surface area contributed by atoms with E-state index in [1.807, 2.05) is 36.4 Å². The number of unbranched alkanes of at least 4 members (excludes halogenated alkanes) is 5. The Labute approximate surface area is 258 Å². The Morgan fingerprint density at radius 3 is 2.16 bits per heavy atom. The van der Waals surface area contributed by atoms with Gasteiger partial charge in [-0.25, -0.2) is 0 Å². The molecule has 0 atom stereocenters. The molecule has 1 aromatic heterocycles. The number of aromatic nitrogens is 3. The summed E-state index contributed by atoms with van der Waals surface area (Å²) >= 11 is 0. The third kappa shape index (κ3) is 11.9. The first kappa shape index (κ1) is 33.8. The van der Waals surface area contributed by atoms with Crippen molar-refractivity contribution in [1.82, 2.24) is 15.0 Å². The van der Waals surface area contributed by atoms with Crippen LogP contribution in [0.2, 0.25) is 0 Å². The maximum atomic E-state index is 12.2. The molecule has 0 spiro atoms. The zero-order valence-electron chi connectivity index (χ0n) is 26.7. The van der Waals surface area contributed by atoms with Gasteiger partial charge in [0, 0.05) is 12.0 Å². The topological polar surface area (TPSA) is 77.2 Å². The van der Waals surface area contributed by atoms with Gasteiger partial charge in [-0.2, -0.15) is 0 Å². The summed E-state index contributed by atoms with van der Waals surface area (Å²) in [5.41, 5.74) is 3.76. The Kier molecular flexibility index (Phi) is 14.2. The van der Waals surface area contributed by atoms with Gasteiger partial charge < -0.3 is 9.84 Å². The van der Waals surface area contributed by atoms with Crippen molar-refractivity contribution in [2.45, 2.75) is 110 Å². The van der Waals surface area contributed by atoms with Crippen molar-refractivity contribution in [3.63, 3.8) is 0 Å². The lowest BCUT2D eigenvalue weighted by Crippen LogP contribution is -2.14. The van der Waals surface area contributed by atoms with Gasteiger partial charge >= 0.3 is 5.97 Å². The van der Waals surface area contributed by atoms with Gasteiger partial charge in [0.05, 0.1) is 6.61 Å². The molecular weight excluding hydrogens is 534 g/mol.